The fourth-order valence-corrected chi connectivity index (χ4v) is 2.01. The quantitative estimate of drug-likeness (QED) is 0.787. The van der Waals surface area contributed by atoms with Crippen molar-refractivity contribution in [3.8, 4) is 0 Å². The van der Waals surface area contributed by atoms with E-state index in [-0.39, 0.29) is 0 Å². The predicted molar refractivity (Wildman–Crippen MR) is 58.5 cm³/mol. The molecule has 1 saturated heterocycles. The lowest BCUT2D eigenvalue weighted by Gasteiger charge is -2.10. The number of aryl methyl sites for hydroxylation is 1. The Kier molecular flexibility index (Phi) is 3.75. The average Bonchev–Trinajstić information content (AvgIpc) is 2.85. The molecule has 0 aliphatic carbocycles. The Balaban J connectivity index is 1.83. The van der Waals surface area contributed by atoms with Crippen molar-refractivity contribution in [2.75, 3.05) is 20.3 Å². The summed E-state index contributed by atoms with van der Waals surface area (Å²) in [4.78, 5) is 4.18. The van der Waals surface area contributed by atoms with Crippen molar-refractivity contribution in [2.24, 2.45) is 5.92 Å². The highest BCUT2D eigenvalue weighted by atomic mass is 16.5. The van der Waals surface area contributed by atoms with Gasteiger partial charge in [-0.2, -0.15) is 0 Å². The first-order valence-corrected chi connectivity index (χ1v) is 5.61. The zero-order valence-electron chi connectivity index (χ0n) is 9.28. The van der Waals surface area contributed by atoms with Crippen molar-refractivity contribution in [1.82, 2.24) is 14.9 Å². The third-order valence-corrected chi connectivity index (χ3v) is 2.96. The largest absolute Gasteiger partial charge is 0.381 e. The predicted octanol–water partition coefficient (Wildman–Crippen LogP) is 1.03. The van der Waals surface area contributed by atoms with Gasteiger partial charge in [-0.15, -0.1) is 0 Å². The van der Waals surface area contributed by atoms with E-state index >= 15 is 0 Å². The normalized spacial score (nSPS) is 21.0. The molecule has 1 aromatic heterocycles. The molecule has 1 aliphatic rings. The van der Waals surface area contributed by atoms with E-state index in [0.29, 0.717) is 0 Å². The fraction of sp³-hybridized carbons (Fsp3) is 0.727. The van der Waals surface area contributed by atoms with E-state index in [9.17, 15) is 0 Å². The Morgan fingerprint density at radius 1 is 1.67 bits per heavy atom. The van der Waals surface area contributed by atoms with Gasteiger partial charge in [-0.25, -0.2) is 4.98 Å². The number of hydrogen-bond donors (Lipinski definition) is 1. The molecule has 1 unspecified atom stereocenters. The Labute approximate surface area is 90.6 Å². The summed E-state index contributed by atoms with van der Waals surface area (Å²) in [5.74, 6) is 0.745. The van der Waals surface area contributed by atoms with E-state index < -0.39 is 0 Å². The molecule has 4 nitrogen and oxygen atoms in total. The van der Waals surface area contributed by atoms with Gasteiger partial charge in [0, 0.05) is 32.5 Å². The maximum Gasteiger partial charge on any atom is 0.0948 e. The molecule has 1 atom stereocenters. The maximum absolute atomic E-state index is 5.37. The molecule has 4 heteroatoms. The molecule has 1 fully saturated rings. The second-order valence-electron chi connectivity index (χ2n) is 4.13. The van der Waals surface area contributed by atoms with Crippen LogP contribution < -0.4 is 5.32 Å². The van der Waals surface area contributed by atoms with Crippen molar-refractivity contribution >= 4 is 0 Å². The zero-order chi connectivity index (χ0) is 10.5. The molecular weight excluding hydrogens is 190 g/mol. The molecule has 15 heavy (non-hydrogen) atoms. The van der Waals surface area contributed by atoms with Gasteiger partial charge in [-0.3, -0.25) is 0 Å². The fourth-order valence-electron chi connectivity index (χ4n) is 2.01. The van der Waals surface area contributed by atoms with Crippen molar-refractivity contribution in [3.63, 3.8) is 0 Å². The van der Waals surface area contributed by atoms with Gasteiger partial charge in [0.25, 0.3) is 0 Å². The van der Waals surface area contributed by atoms with Crippen molar-refractivity contribution in [3.05, 3.63) is 18.2 Å². The number of aromatic nitrogens is 2. The summed E-state index contributed by atoms with van der Waals surface area (Å²) in [5.41, 5.74) is 1.26. The van der Waals surface area contributed by atoms with E-state index in [1.807, 2.05) is 19.6 Å². The third-order valence-electron chi connectivity index (χ3n) is 2.96. The molecule has 0 radical (unpaired) electrons. The molecule has 0 saturated carbocycles. The first-order valence-electron chi connectivity index (χ1n) is 5.61. The van der Waals surface area contributed by atoms with Gasteiger partial charge in [0.2, 0.25) is 0 Å². The lowest BCUT2D eigenvalue weighted by molar-refractivity contribution is 0.183. The number of ether oxygens (including phenoxy) is 1. The van der Waals surface area contributed by atoms with E-state index in [0.717, 1.165) is 32.2 Å². The molecule has 2 heterocycles. The number of rotatable bonds is 5. The number of hydrogen-bond acceptors (Lipinski definition) is 3. The molecule has 1 aliphatic heterocycles. The van der Waals surface area contributed by atoms with Crippen LogP contribution in [0.3, 0.4) is 0 Å². The van der Waals surface area contributed by atoms with Crippen LogP contribution in [0.1, 0.15) is 18.5 Å². The van der Waals surface area contributed by atoms with Crippen molar-refractivity contribution in [2.45, 2.75) is 25.9 Å². The molecular formula is C11H19N3O. The summed E-state index contributed by atoms with van der Waals surface area (Å²) >= 11 is 0. The van der Waals surface area contributed by atoms with Crippen molar-refractivity contribution < 1.29 is 4.74 Å². The smallest absolute Gasteiger partial charge is 0.0948 e. The zero-order valence-corrected chi connectivity index (χ0v) is 9.28. The number of nitrogens with zero attached hydrogens (tertiary/aromatic N) is 2. The highest BCUT2D eigenvalue weighted by Crippen LogP contribution is 2.17. The number of nitrogens with one attached hydrogen (secondary N) is 1. The van der Waals surface area contributed by atoms with Crippen LogP contribution in [0, 0.1) is 5.92 Å². The van der Waals surface area contributed by atoms with E-state index in [4.69, 9.17) is 4.74 Å². The Bertz CT molecular complexity index is 292. The molecule has 0 spiro atoms. The SMILES string of the molecule is CNCc1cncn1CCC1CCOC1. The minimum Gasteiger partial charge on any atom is -0.381 e. The van der Waals surface area contributed by atoms with E-state index in [2.05, 4.69) is 14.9 Å². The first-order chi connectivity index (χ1) is 7.40. The molecule has 1 N–H and O–H groups in total. The number of imidazole rings is 1. The average molecular weight is 209 g/mol. The third kappa shape index (κ3) is 2.79. The van der Waals surface area contributed by atoms with Crippen LogP contribution in [0.25, 0.3) is 0 Å². The molecule has 1 aromatic rings. The summed E-state index contributed by atoms with van der Waals surface area (Å²) in [6.07, 6.45) is 6.27. The monoisotopic (exact) mass is 209 g/mol. The summed E-state index contributed by atoms with van der Waals surface area (Å²) in [7, 11) is 1.96. The van der Waals surface area contributed by atoms with Crippen LogP contribution in [0.4, 0.5) is 0 Å². The Hall–Kier alpha value is -0.870. The maximum atomic E-state index is 5.37. The minimum absolute atomic E-state index is 0.745. The van der Waals surface area contributed by atoms with Gasteiger partial charge in [-0.1, -0.05) is 0 Å². The van der Waals surface area contributed by atoms with Crippen LogP contribution in [0.5, 0.6) is 0 Å². The van der Waals surface area contributed by atoms with Gasteiger partial charge in [0.15, 0.2) is 0 Å². The standard InChI is InChI=1S/C11H19N3O/c1-12-6-11-7-13-9-14(11)4-2-10-3-5-15-8-10/h7,9-10,12H,2-6,8H2,1H3. The highest BCUT2D eigenvalue weighted by molar-refractivity contribution is 4.97. The van der Waals surface area contributed by atoms with Crippen LogP contribution >= 0.6 is 0 Å². The molecule has 84 valence electrons. The van der Waals surface area contributed by atoms with Gasteiger partial charge < -0.3 is 14.6 Å². The van der Waals surface area contributed by atoms with Crippen LogP contribution in [-0.2, 0) is 17.8 Å². The summed E-state index contributed by atoms with van der Waals surface area (Å²) in [6, 6.07) is 0. The van der Waals surface area contributed by atoms with E-state index in [1.165, 1.54) is 18.5 Å². The summed E-state index contributed by atoms with van der Waals surface area (Å²) < 4.78 is 7.60. The van der Waals surface area contributed by atoms with Crippen LogP contribution in [-0.4, -0.2) is 29.8 Å². The molecule has 2 rings (SSSR count). The Morgan fingerprint density at radius 3 is 3.33 bits per heavy atom. The van der Waals surface area contributed by atoms with Crippen molar-refractivity contribution in [1.29, 1.82) is 0 Å². The molecule has 0 aromatic carbocycles. The van der Waals surface area contributed by atoms with Gasteiger partial charge in [0.1, 0.15) is 0 Å². The van der Waals surface area contributed by atoms with E-state index in [1.54, 1.807) is 0 Å². The van der Waals surface area contributed by atoms with Gasteiger partial charge in [0.05, 0.1) is 12.0 Å². The minimum atomic E-state index is 0.745. The highest BCUT2D eigenvalue weighted by Gasteiger charge is 2.15. The lowest BCUT2D eigenvalue weighted by atomic mass is 10.1. The van der Waals surface area contributed by atoms with Crippen LogP contribution in [0.2, 0.25) is 0 Å². The molecule has 0 bridgehead atoms. The van der Waals surface area contributed by atoms with Gasteiger partial charge in [-0.05, 0) is 25.8 Å². The second-order valence-corrected chi connectivity index (χ2v) is 4.13. The first kappa shape index (κ1) is 10.6. The second kappa shape index (κ2) is 5.28. The lowest BCUT2D eigenvalue weighted by Crippen LogP contribution is -2.12. The topological polar surface area (TPSA) is 39.1 Å². The molecule has 0 amide bonds. The Morgan fingerprint density at radius 2 is 2.60 bits per heavy atom. The van der Waals surface area contributed by atoms with Gasteiger partial charge >= 0.3 is 0 Å². The summed E-state index contributed by atoms with van der Waals surface area (Å²) in [6.45, 7) is 3.83. The summed E-state index contributed by atoms with van der Waals surface area (Å²) in [5, 5.41) is 3.15. The van der Waals surface area contributed by atoms with Crippen LogP contribution in [0.15, 0.2) is 12.5 Å².